The van der Waals surface area contributed by atoms with Gasteiger partial charge in [-0.05, 0) is 55.9 Å². The third-order valence-corrected chi connectivity index (χ3v) is 6.33. The van der Waals surface area contributed by atoms with Gasteiger partial charge in [0.2, 0.25) is 0 Å². The molecule has 31 heavy (non-hydrogen) atoms. The summed E-state index contributed by atoms with van der Waals surface area (Å²) in [4.78, 5) is 26.2. The molecule has 1 saturated heterocycles. The standard InChI is InChI=1S/C25H33N3O3/c1-4-27(5-2)24(29)20-9-10-22(17(3)15-20)23(18-11-13-28(26)14-12-18)19-7-6-8-21(16-19)25(30)31/h6-10,15-17,22H,4-5,11-14,26H2,1-3H3,(H,30,31). The van der Waals surface area contributed by atoms with Gasteiger partial charge in [0.05, 0.1) is 5.56 Å². The van der Waals surface area contributed by atoms with Crippen molar-refractivity contribution in [2.75, 3.05) is 26.2 Å². The van der Waals surface area contributed by atoms with Gasteiger partial charge in [0.1, 0.15) is 0 Å². The number of nitrogens with zero attached hydrogens (tertiary/aromatic N) is 2. The minimum atomic E-state index is -0.929. The highest BCUT2D eigenvalue weighted by atomic mass is 16.4. The molecule has 2 unspecified atom stereocenters. The van der Waals surface area contributed by atoms with Gasteiger partial charge in [-0.2, -0.15) is 0 Å². The third-order valence-electron chi connectivity index (χ3n) is 6.33. The lowest BCUT2D eigenvalue weighted by Crippen LogP contribution is -2.37. The lowest BCUT2D eigenvalue weighted by Gasteiger charge is -2.32. The van der Waals surface area contributed by atoms with Gasteiger partial charge in [0.15, 0.2) is 0 Å². The molecule has 1 aromatic rings. The monoisotopic (exact) mass is 423 g/mol. The SMILES string of the molecule is CCN(CC)C(=O)C1=CC(C)C(C(=C2CCN(N)CC2)c2cccc(C(=O)O)c2)C=C1. The lowest BCUT2D eigenvalue weighted by molar-refractivity contribution is -0.126. The van der Waals surface area contributed by atoms with E-state index in [1.54, 1.807) is 18.2 Å². The van der Waals surface area contributed by atoms with Crippen LogP contribution in [0.4, 0.5) is 0 Å². The number of likely N-dealkylation sites (N-methyl/N-ethyl adjacent to an activating group) is 1. The predicted octanol–water partition coefficient (Wildman–Crippen LogP) is 3.72. The molecular formula is C25H33N3O3. The summed E-state index contributed by atoms with van der Waals surface area (Å²) < 4.78 is 0. The van der Waals surface area contributed by atoms with Crippen molar-refractivity contribution >= 4 is 17.4 Å². The first-order chi connectivity index (χ1) is 14.8. The number of allylic oxidation sites excluding steroid dienone is 3. The van der Waals surface area contributed by atoms with E-state index in [-0.39, 0.29) is 23.3 Å². The van der Waals surface area contributed by atoms with Crippen molar-refractivity contribution in [3.8, 4) is 0 Å². The minimum absolute atomic E-state index is 0.0602. The number of carbonyl (C=O) groups excluding carboxylic acids is 1. The van der Waals surface area contributed by atoms with Crippen molar-refractivity contribution in [1.82, 2.24) is 9.91 Å². The zero-order valence-corrected chi connectivity index (χ0v) is 18.7. The first-order valence-corrected chi connectivity index (χ1v) is 11.1. The normalized spacial score (nSPS) is 21.5. The fraction of sp³-hybridized carbons (Fsp3) is 0.440. The van der Waals surface area contributed by atoms with Crippen LogP contribution in [-0.4, -0.2) is 53.1 Å². The van der Waals surface area contributed by atoms with Gasteiger partial charge in [-0.25, -0.2) is 9.80 Å². The Labute approximate surface area is 184 Å². The number of piperidine rings is 1. The summed E-state index contributed by atoms with van der Waals surface area (Å²) in [5, 5.41) is 11.3. The molecule has 2 aliphatic rings. The maximum atomic E-state index is 12.8. The van der Waals surface area contributed by atoms with Crippen LogP contribution in [0.15, 0.2) is 53.6 Å². The molecule has 166 valence electrons. The molecule has 0 bridgehead atoms. The Hall–Kier alpha value is -2.70. The zero-order valence-electron chi connectivity index (χ0n) is 18.7. The van der Waals surface area contributed by atoms with Crippen LogP contribution in [0.5, 0.6) is 0 Å². The molecule has 0 spiro atoms. The van der Waals surface area contributed by atoms with Crippen molar-refractivity contribution in [2.45, 2.75) is 33.6 Å². The summed E-state index contributed by atoms with van der Waals surface area (Å²) in [6.45, 7) is 9.04. The number of hydrogen-bond donors (Lipinski definition) is 2. The Morgan fingerprint density at radius 1 is 1.16 bits per heavy atom. The van der Waals surface area contributed by atoms with Crippen molar-refractivity contribution in [1.29, 1.82) is 0 Å². The molecule has 0 aromatic heterocycles. The molecule has 0 radical (unpaired) electrons. The van der Waals surface area contributed by atoms with Crippen molar-refractivity contribution < 1.29 is 14.7 Å². The molecule has 1 aliphatic carbocycles. The van der Waals surface area contributed by atoms with Crippen LogP contribution in [-0.2, 0) is 4.79 Å². The van der Waals surface area contributed by atoms with Crippen molar-refractivity contribution in [3.63, 3.8) is 0 Å². The summed E-state index contributed by atoms with van der Waals surface area (Å²) in [7, 11) is 0. The van der Waals surface area contributed by atoms with Gasteiger partial charge < -0.3 is 10.0 Å². The number of amides is 1. The van der Waals surface area contributed by atoms with E-state index >= 15 is 0 Å². The first kappa shape index (κ1) is 23.0. The maximum absolute atomic E-state index is 12.8. The summed E-state index contributed by atoms with van der Waals surface area (Å²) in [6, 6.07) is 7.18. The highest BCUT2D eigenvalue weighted by Crippen LogP contribution is 2.39. The van der Waals surface area contributed by atoms with E-state index in [1.807, 2.05) is 35.9 Å². The van der Waals surface area contributed by atoms with Gasteiger partial charge in [-0.3, -0.25) is 10.6 Å². The average molecular weight is 424 g/mol. The number of benzene rings is 1. The van der Waals surface area contributed by atoms with Gasteiger partial charge >= 0.3 is 5.97 Å². The van der Waals surface area contributed by atoms with E-state index in [9.17, 15) is 14.7 Å². The number of aromatic carboxylic acids is 1. The molecule has 2 atom stereocenters. The van der Waals surface area contributed by atoms with Gasteiger partial charge in [0, 0.05) is 37.7 Å². The molecule has 3 N–H and O–H groups in total. The number of hydrogen-bond acceptors (Lipinski definition) is 4. The molecule has 6 heteroatoms. The molecule has 1 aliphatic heterocycles. The second-order valence-corrected chi connectivity index (χ2v) is 8.28. The molecule has 3 rings (SSSR count). The Kier molecular flexibility index (Phi) is 7.46. The number of carboxylic acids is 1. The van der Waals surface area contributed by atoms with Crippen LogP contribution in [0.3, 0.4) is 0 Å². The van der Waals surface area contributed by atoms with Crippen molar-refractivity contribution in [3.05, 3.63) is 64.8 Å². The highest BCUT2D eigenvalue weighted by molar-refractivity contribution is 5.97. The van der Waals surface area contributed by atoms with E-state index < -0.39 is 5.97 Å². The zero-order chi connectivity index (χ0) is 22.5. The fourth-order valence-corrected chi connectivity index (χ4v) is 4.54. The summed E-state index contributed by atoms with van der Waals surface area (Å²) >= 11 is 0. The van der Waals surface area contributed by atoms with Crippen LogP contribution in [0, 0.1) is 11.8 Å². The van der Waals surface area contributed by atoms with E-state index in [2.05, 4.69) is 19.1 Å². The van der Waals surface area contributed by atoms with E-state index in [4.69, 9.17) is 5.84 Å². The highest BCUT2D eigenvalue weighted by Gasteiger charge is 2.28. The molecular weight excluding hydrogens is 390 g/mol. The van der Waals surface area contributed by atoms with Crippen LogP contribution in [0.2, 0.25) is 0 Å². The minimum Gasteiger partial charge on any atom is -0.478 e. The Balaban J connectivity index is 1.99. The molecule has 1 amide bonds. The Morgan fingerprint density at radius 2 is 1.81 bits per heavy atom. The number of carbonyl (C=O) groups is 2. The van der Waals surface area contributed by atoms with Crippen LogP contribution in [0.25, 0.3) is 5.57 Å². The van der Waals surface area contributed by atoms with Crippen molar-refractivity contribution in [2.24, 2.45) is 17.7 Å². The number of hydrazine groups is 1. The molecule has 1 aromatic carbocycles. The molecule has 1 heterocycles. The average Bonchev–Trinajstić information content (AvgIpc) is 2.77. The molecule has 6 nitrogen and oxygen atoms in total. The molecule has 0 saturated carbocycles. The quantitative estimate of drug-likeness (QED) is 0.681. The number of carboxylic acid groups (broad SMARTS) is 1. The predicted molar refractivity (Wildman–Crippen MR) is 123 cm³/mol. The summed E-state index contributed by atoms with van der Waals surface area (Å²) in [6.07, 6.45) is 7.83. The number of rotatable bonds is 6. The number of nitrogens with two attached hydrogens (primary N) is 1. The second-order valence-electron chi connectivity index (χ2n) is 8.28. The van der Waals surface area contributed by atoms with Gasteiger partial charge in [0.25, 0.3) is 5.91 Å². The van der Waals surface area contributed by atoms with Crippen LogP contribution < -0.4 is 5.84 Å². The fourth-order valence-electron chi connectivity index (χ4n) is 4.54. The van der Waals surface area contributed by atoms with Gasteiger partial charge in [-0.1, -0.05) is 42.9 Å². The Bertz CT molecular complexity index is 918. The Morgan fingerprint density at radius 3 is 2.39 bits per heavy atom. The largest absolute Gasteiger partial charge is 0.478 e. The maximum Gasteiger partial charge on any atom is 0.335 e. The van der Waals surface area contributed by atoms with E-state index in [0.717, 1.165) is 37.1 Å². The van der Waals surface area contributed by atoms with Gasteiger partial charge in [-0.15, -0.1) is 0 Å². The molecule has 1 fully saturated rings. The topological polar surface area (TPSA) is 86.9 Å². The first-order valence-electron chi connectivity index (χ1n) is 11.1. The second kappa shape index (κ2) is 10.1. The third kappa shape index (κ3) is 5.14. The van der Waals surface area contributed by atoms with E-state index in [1.165, 1.54) is 11.1 Å². The van der Waals surface area contributed by atoms with Crippen LogP contribution >= 0.6 is 0 Å². The lowest BCUT2D eigenvalue weighted by atomic mass is 9.75. The van der Waals surface area contributed by atoms with Crippen LogP contribution in [0.1, 0.15) is 49.5 Å². The summed E-state index contributed by atoms with van der Waals surface area (Å²) in [5.41, 5.74) is 4.44. The summed E-state index contributed by atoms with van der Waals surface area (Å²) in [5.74, 6) is 5.31. The smallest absolute Gasteiger partial charge is 0.335 e. The van der Waals surface area contributed by atoms with E-state index in [0.29, 0.717) is 13.1 Å².